The van der Waals surface area contributed by atoms with E-state index < -0.39 is 28.7 Å². The number of piperidine rings is 2. The van der Waals surface area contributed by atoms with Gasteiger partial charge in [-0.05, 0) is 62.5 Å². The lowest BCUT2D eigenvalue weighted by atomic mass is 9.99. The van der Waals surface area contributed by atoms with E-state index in [1.54, 1.807) is 37.5 Å². The molecule has 9 nitrogen and oxygen atoms in total. The number of aromatic nitrogens is 2. The molecule has 198 valence electrons. The van der Waals surface area contributed by atoms with Gasteiger partial charge in [0.1, 0.15) is 0 Å². The van der Waals surface area contributed by atoms with E-state index in [2.05, 4.69) is 15.1 Å². The molecule has 2 saturated heterocycles. The summed E-state index contributed by atoms with van der Waals surface area (Å²) in [6.07, 6.45) is 7.21. The smallest absolute Gasteiger partial charge is 0.224 e. The monoisotopic (exact) mass is 533 g/mol. The lowest BCUT2D eigenvalue weighted by molar-refractivity contribution is -0.132. The van der Waals surface area contributed by atoms with E-state index in [1.807, 2.05) is 4.90 Å². The molecule has 3 N–H and O–H groups in total. The van der Waals surface area contributed by atoms with Crippen molar-refractivity contribution in [3.63, 3.8) is 0 Å². The molecule has 0 radical (unpaired) electrons. The Hall–Kier alpha value is -2.24. The first kappa shape index (κ1) is 26.8. The second kappa shape index (κ2) is 11.0. The van der Waals surface area contributed by atoms with Crippen molar-refractivity contribution in [2.75, 3.05) is 31.9 Å². The maximum Gasteiger partial charge on any atom is 0.224 e. The number of sulfone groups is 1. The summed E-state index contributed by atoms with van der Waals surface area (Å²) in [4.78, 5) is 29.6. The third-order valence-corrected chi connectivity index (χ3v) is 13.3. The molecule has 3 heterocycles. The van der Waals surface area contributed by atoms with Crippen LogP contribution in [0, 0.1) is 0 Å². The number of nitrogens with one attached hydrogen (secondary N) is 1. The van der Waals surface area contributed by atoms with Crippen LogP contribution in [0.2, 0.25) is 19.1 Å². The average molecular weight is 534 g/mol. The molecular formula is C25H39N5O4SSi. The zero-order chi connectivity index (χ0) is 25.9. The van der Waals surface area contributed by atoms with E-state index in [9.17, 15) is 18.0 Å². The van der Waals surface area contributed by atoms with Crippen LogP contribution in [0.3, 0.4) is 0 Å². The number of benzene rings is 1. The number of hydrogen-bond donors (Lipinski definition) is 2. The van der Waals surface area contributed by atoms with Gasteiger partial charge in [-0.2, -0.15) is 5.10 Å². The molecule has 1 atom stereocenters. The maximum atomic E-state index is 13.6. The van der Waals surface area contributed by atoms with Gasteiger partial charge in [-0.1, -0.05) is 25.6 Å². The fourth-order valence-electron chi connectivity index (χ4n) is 5.33. The highest BCUT2D eigenvalue weighted by Crippen LogP contribution is 2.32. The lowest BCUT2D eigenvalue weighted by Gasteiger charge is -2.40. The van der Waals surface area contributed by atoms with E-state index in [-0.39, 0.29) is 24.1 Å². The standard InChI is InChI=1S/C25H39N5O4SSi/c1-36(2,25(26)32)15-14-35(33,34)23(19-6-7-22-20(16-19)18-27-28-22)17-24(31)30-12-8-21(9-13-30)29-10-4-3-5-11-29/h6-7,16,18,21,23H,3-5,8-15,17H2,1-2H3,(H2,26,32)(H,27,28). The molecule has 1 unspecified atom stereocenters. The number of aromatic amines is 1. The van der Waals surface area contributed by atoms with Crippen LogP contribution in [-0.4, -0.2) is 85.9 Å². The Morgan fingerprint density at radius 2 is 1.83 bits per heavy atom. The van der Waals surface area contributed by atoms with E-state index in [0.717, 1.165) is 36.8 Å². The van der Waals surface area contributed by atoms with Crippen LogP contribution in [0.5, 0.6) is 0 Å². The van der Waals surface area contributed by atoms with Crippen LogP contribution in [0.1, 0.15) is 49.3 Å². The number of nitrogens with zero attached hydrogens (tertiary/aromatic N) is 3. The molecule has 0 spiro atoms. The van der Waals surface area contributed by atoms with E-state index >= 15 is 0 Å². The average Bonchev–Trinajstić information content (AvgIpc) is 3.34. The first-order valence-electron chi connectivity index (χ1n) is 13.0. The Labute approximate surface area is 214 Å². The van der Waals surface area contributed by atoms with E-state index in [4.69, 9.17) is 5.73 Å². The van der Waals surface area contributed by atoms with Crippen LogP contribution in [-0.2, 0) is 14.6 Å². The second-order valence-corrected chi connectivity index (χ2v) is 18.0. The van der Waals surface area contributed by atoms with Gasteiger partial charge in [-0.25, -0.2) is 8.42 Å². The van der Waals surface area contributed by atoms with Gasteiger partial charge in [0, 0.05) is 36.7 Å². The van der Waals surface area contributed by atoms with Crippen LogP contribution in [0.4, 0.5) is 4.79 Å². The highest BCUT2D eigenvalue weighted by atomic mass is 32.2. The first-order chi connectivity index (χ1) is 17.1. The Morgan fingerprint density at radius 1 is 1.14 bits per heavy atom. The molecule has 2 aliphatic heterocycles. The molecular weight excluding hydrogens is 494 g/mol. The van der Waals surface area contributed by atoms with Gasteiger partial charge in [0.05, 0.1) is 17.0 Å². The maximum absolute atomic E-state index is 13.6. The molecule has 4 rings (SSSR count). The van der Waals surface area contributed by atoms with Crippen LogP contribution >= 0.6 is 0 Å². The molecule has 2 fully saturated rings. The number of carbonyl (C=O) groups is 2. The Bertz CT molecular complexity index is 1180. The fourth-order valence-corrected chi connectivity index (χ4v) is 10.00. The molecule has 2 aromatic rings. The first-order valence-corrected chi connectivity index (χ1v) is 18.0. The molecule has 0 saturated carbocycles. The summed E-state index contributed by atoms with van der Waals surface area (Å²) in [5.74, 6) is -0.285. The minimum Gasteiger partial charge on any atom is -0.374 e. The number of amides is 2. The minimum atomic E-state index is -3.71. The van der Waals surface area contributed by atoms with Gasteiger partial charge in [0.25, 0.3) is 0 Å². The summed E-state index contributed by atoms with van der Waals surface area (Å²) < 4.78 is 27.2. The molecule has 1 aromatic carbocycles. The molecule has 2 amide bonds. The normalized spacial score (nSPS) is 19.4. The third kappa shape index (κ3) is 6.17. The zero-order valence-corrected chi connectivity index (χ0v) is 23.2. The Kier molecular flexibility index (Phi) is 8.21. The summed E-state index contributed by atoms with van der Waals surface area (Å²) in [5.41, 5.74) is 6.52. The van der Waals surface area contributed by atoms with Crippen molar-refractivity contribution in [1.29, 1.82) is 0 Å². The summed E-state index contributed by atoms with van der Waals surface area (Å²) in [5, 5.41) is 6.74. The van der Waals surface area contributed by atoms with Gasteiger partial charge in [-0.3, -0.25) is 14.7 Å². The number of carbonyl (C=O) groups excluding carboxylic acids is 2. The van der Waals surface area contributed by atoms with Crippen molar-refractivity contribution in [2.45, 2.75) is 69.0 Å². The third-order valence-electron chi connectivity index (χ3n) is 8.03. The Morgan fingerprint density at radius 3 is 2.50 bits per heavy atom. The minimum absolute atomic E-state index is 0.0986. The van der Waals surface area contributed by atoms with Crippen LogP contribution in [0.15, 0.2) is 24.4 Å². The lowest BCUT2D eigenvalue weighted by Crippen LogP contribution is -2.48. The van der Waals surface area contributed by atoms with Crippen LogP contribution < -0.4 is 5.73 Å². The molecule has 0 aliphatic carbocycles. The number of H-pyrrole nitrogens is 1. The summed E-state index contributed by atoms with van der Waals surface area (Å²) >= 11 is 0. The van der Waals surface area contributed by atoms with Crippen LogP contribution in [0.25, 0.3) is 10.9 Å². The Balaban J connectivity index is 1.49. The molecule has 11 heteroatoms. The number of primary amides is 1. The predicted molar refractivity (Wildman–Crippen MR) is 144 cm³/mol. The second-order valence-electron chi connectivity index (χ2n) is 11.0. The van der Waals surface area contributed by atoms with Crippen molar-refractivity contribution in [1.82, 2.24) is 20.0 Å². The SMILES string of the molecule is C[Si](C)(CCS(=O)(=O)C(CC(=O)N1CCC(N2CCCCC2)CC1)c1ccc2[nH]ncc2c1)C(N)=O. The number of likely N-dealkylation sites (tertiary alicyclic amines) is 2. The van der Waals surface area contributed by atoms with Crippen molar-refractivity contribution in [2.24, 2.45) is 5.73 Å². The van der Waals surface area contributed by atoms with E-state index in [0.29, 0.717) is 24.7 Å². The number of nitrogens with two attached hydrogens (primary N) is 1. The van der Waals surface area contributed by atoms with Crippen molar-refractivity contribution in [3.05, 3.63) is 30.0 Å². The molecule has 0 bridgehead atoms. The van der Waals surface area contributed by atoms with Gasteiger partial charge >= 0.3 is 0 Å². The fraction of sp³-hybridized carbons (Fsp3) is 0.640. The van der Waals surface area contributed by atoms with Crippen molar-refractivity contribution in [3.8, 4) is 0 Å². The number of rotatable bonds is 9. The largest absolute Gasteiger partial charge is 0.374 e. The summed E-state index contributed by atoms with van der Waals surface area (Å²) in [7, 11) is -6.24. The van der Waals surface area contributed by atoms with Gasteiger partial charge in [0.15, 0.2) is 23.4 Å². The van der Waals surface area contributed by atoms with E-state index in [1.165, 1.54) is 19.3 Å². The predicted octanol–water partition coefficient (Wildman–Crippen LogP) is 3.25. The number of fused-ring (bicyclic) bond motifs is 1. The molecule has 2 aliphatic rings. The van der Waals surface area contributed by atoms with Crippen molar-refractivity contribution < 1.29 is 18.0 Å². The van der Waals surface area contributed by atoms with Crippen molar-refractivity contribution >= 4 is 40.3 Å². The highest BCUT2D eigenvalue weighted by Gasteiger charge is 2.36. The molecule has 36 heavy (non-hydrogen) atoms. The summed E-state index contributed by atoms with van der Waals surface area (Å²) in [6.45, 7) is 7.18. The zero-order valence-electron chi connectivity index (χ0n) is 21.4. The highest BCUT2D eigenvalue weighted by molar-refractivity contribution is 7.91. The van der Waals surface area contributed by atoms with Gasteiger partial charge in [-0.15, -0.1) is 0 Å². The number of hydrogen-bond acceptors (Lipinski definition) is 6. The summed E-state index contributed by atoms with van der Waals surface area (Å²) in [6, 6.07) is 6.11. The van der Waals surface area contributed by atoms with Gasteiger partial charge < -0.3 is 15.5 Å². The quantitative estimate of drug-likeness (QED) is 0.476. The molecule has 1 aromatic heterocycles. The van der Waals surface area contributed by atoms with Gasteiger partial charge in [0.2, 0.25) is 5.91 Å². The topological polar surface area (TPSA) is 129 Å².